The zero-order valence-corrected chi connectivity index (χ0v) is 16.2. The van der Waals surface area contributed by atoms with E-state index >= 15 is 0 Å². The highest BCUT2D eigenvalue weighted by molar-refractivity contribution is 7.13. The van der Waals surface area contributed by atoms with Gasteiger partial charge in [0.25, 0.3) is 0 Å². The van der Waals surface area contributed by atoms with Gasteiger partial charge < -0.3 is 19.1 Å². The summed E-state index contributed by atoms with van der Waals surface area (Å²) in [6, 6.07) is 10.9. The molecule has 0 bridgehead atoms. The van der Waals surface area contributed by atoms with Gasteiger partial charge in [-0.3, -0.25) is 0 Å². The van der Waals surface area contributed by atoms with Crippen LogP contribution in [0.2, 0.25) is 0 Å². The second-order valence-corrected chi connectivity index (χ2v) is 7.92. The van der Waals surface area contributed by atoms with Crippen LogP contribution in [-0.4, -0.2) is 38.4 Å². The second kappa shape index (κ2) is 8.21. The molecule has 4 rings (SSSR count). The van der Waals surface area contributed by atoms with Crippen molar-refractivity contribution < 1.29 is 23.5 Å². The smallest absolute Gasteiger partial charge is 0.177 e. The zero-order chi connectivity index (χ0) is 18.6. The fraction of sp³-hybridized carbons (Fsp3) is 0.350. The molecule has 0 atom stereocenters. The molecule has 5 nitrogen and oxygen atoms in total. The van der Waals surface area contributed by atoms with Gasteiger partial charge >= 0.3 is 0 Å². The lowest BCUT2D eigenvalue weighted by Crippen LogP contribution is -3.27. The average Bonchev–Trinajstić information content (AvgIpc) is 3.35. The largest absolute Gasteiger partial charge is 0.496 e. The Kier molecular flexibility index (Phi) is 5.52. The molecule has 2 N–H and O–H groups in total. The number of ether oxygens (including phenoxy) is 1. The van der Waals surface area contributed by atoms with Gasteiger partial charge in [0.15, 0.2) is 5.76 Å². The Bertz CT molecular complexity index is 873. The molecule has 2 aromatic heterocycles. The minimum atomic E-state index is -0.206. The Morgan fingerprint density at radius 2 is 1.89 bits per heavy atom. The first-order chi connectivity index (χ1) is 13.2. The van der Waals surface area contributed by atoms with Crippen LogP contribution in [0.5, 0.6) is 5.75 Å². The molecule has 7 heteroatoms. The molecule has 27 heavy (non-hydrogen) atoms. The Labute approximate surface area is 161 Å². The summed E-state index contributed by atoms with van der Waals surface area (Å²) in [7, 11) is 1.64. The minimum Gasteiger partial charge on any atom is -0.496 e. The first-order valence-corrected chi connectivity index (χ1v) is 10.1. The molecule has 1 aliphatic heterocycles. The number of hydrogen-bond donors (Lipinski definition) is 2. The maximum Gasteiger partial charge on any atom is 0.177 e. The molecule has 0 aliphatic carbocycles. The first-order valence-electron chi connectivity index (χ1n) is 9.20. The molecular formula is C20H24FN3O2S+2. The van der Waals surface area contributed by atoms with Gasteiger partial charge in [0.05, 0.1) is 17.6 Å². The second-order valence-electron chi connectivity index (χ2n) is 6.97. The van der Waals surface area contributed by atoms with Crippen LogP contribution in [0.4, 0.5) is 4.39 Å². The van der Waals surface area contributed by atoms with Gasteiger partial charge in [-0.05, 0) is 29.6 Å². The van der Waals surface area contributed by atoms with Gasteiger partial charge in [-0.15, -0.1) is 11.3 Å². The van der Waals surface area contributed by atoms with Gasteiger partial charge in [-0.1, -0.05) is 11.2 Å². The maximum atomic E-state index is 13.6. The summed E-state index contributed by atoms with van der Waals surface area (Å²) in [5.41, 5.74) is 1.94. The summed E-state index contributed by atoms with van der Waals surface area (Å²) in [6.45, 7) is 5.89. The number of nitrogens with zero attached hydrogens (tertiary/aromatic N) is 1. The van der Waals surface area contributed by atoms with Gasteiger partial charge in [0.1, 0.15) is 56.5 Å². The summed E-state index contributed by atoms with van der Waals surface area (Å²) >= 11 is 1.66. The zero-order valence-electron chi connectivity index (χ0n) is 15.3. The predicted molar refractivity (Wildman–Crippen MR) is 102 cm³/mol. The summed E-state index contributed by atoms with van der Waals surface area (Å²) in [6.07, 6.45) is 0. The van der Waals surface area contributed by atoms with Crippen LogP contribution < -0.4 is 14.5 Å². The molecular weight excluding hydrogens is 365 g/mol. The summed E-state index contributed by atoms with van der Waals surface area (Å²) < 4.78 is 24.4. The molecule has 0 unspecified atom stereocenters. The Morgan fingerprint density at radius 1 is 1.11 bits per heavy atom. The Hall–Kier alpha value is -2.22. The number of hydrogen-bond acceptors (Lipinski definition) is 4. The third-order valence-corrected chi connectivity index (χ3v) is 5.99. The number of aromatic nitrogens is 1. The molecule has 1 aromatic carbocycles. The van der Waals surface area contributed by atoms with E-state index in [9.17, 15) is 4.39 Å². The van der Waals surface area contributed by atoms with Gasteiger partial charge in [0, 0.05) is 6.07 Å². The molecule has 0 radical (unpaired) electrons. The van der Waals surface area contributed by atoms with Gasteiger partial charge in [0.2, 0.25) is 0 Å². The fourth-order valence-corrected chi connectivity index (χ4v) is 4.32. The monoisotopic (exact) mass is 389 g/mol. The Morgan fingerprint density at radius 3 is 2.59 bits per heavy atom. The maximum absolute atomic E-state index is 13.6. The lowest BCUT2D eigenvalue weighted by molar-refractivity contribution is -1.02. The first kappa shape index (κ1) is 18.2. The van der Waals surface area contributed by atoms with Crippen molar-refractivity contribution in [2.75, 3.05) is 33.3 Å². The van der Waals surface area contributed by atoms with Crippen LogP contribution in [0.25, 0.3) is 10.6 Å². The standard InChI is InChI=1S/C20H22FN3O2S/c1-25-18-5-4-16(21)11-15(18)13-23-6-8-24(9-7-23)14-17-12-19(26-22-17)20-3-2-10-27-20/h2-5,10-12H,6-9,13-14H2,1H3/p+2. The number of halogens is 1. The van der Waals surface area contributed by atoms with E-state index in [1.165, 1.54) is 15.9 Å². The van der Waals surface area contributed by atoms with Crippen LogP contribution in [0.1, 0.15) is 11.3 Å². The van der Waals surface area contributed by atoms with E-state index in [-0.39, 0.29) is 5.82 Å². The van der Waals surface area contributed by atoms with E-state index in [0.717, 1.165) is 66.9 Å². The lowest BCUT2D eigenvalue weighted by Gasteiger charge is -2.29. The van der Waals surface area contributed by atoms with E-state index in [1.54, 1.807) is 30.6 Å². The highest BCUT2D eigenvalue weighted by Gasteiger charge is 2.25. The van der Waals surface area contributed by atoms with Crippen molar-refractivity contribution in [2.24, 2.45) is 0 Å². The number of quaternary nitrogens is 2. The normalized spacial score (nSPS) is 19.9. The van der Waals surface area contributed by atoms with Crippen molar-refractivity contribution in [3.8, 4) is 16.4 Å². The van der Waals surface area contributed by atoms with Crippen LogP contribution in [0.15, 0.2) is 46.3 Å². The van der Waals surface area contributed by atoms with E-state index in [2.05, 4.69) is 11.2 Å². The van der Waals surface area contributed by atoms with E-state index < -0.39 is 0 Å². The van der Waals surface area contributed by atoms with Crippen LogP contribution in [0.3, 0.4) is 0 Å². The van der Waals surface area contributed by atoms with Crippen molar-refractivity contribution in [2.45, 2.75) is 13.1 Å². The third-order valence-electron chi connectivity index (χ3n) is 5.10. The molecule has 142 valence electrons. The number of methoxy groups -OCH3 is 1. The van der Waals surface area contributed by atoms with Crippen LogP contribution in [0, 0.1) is 5.82 Å². The SMILES string of the molecule is COc1ccc(F)cc1C[NH+]1CC[NH+](Cc2cc(-c3cccs3)on2)CC1. The molecule has 3 aromatic rings. The van der Waals surface area contributed by atoms with Crippen molar-refractivity contribution in [1.29, 1.82) is 0 Å². The molecule has 0 amide bonds. The van der Waals surface area contributed by atoms with Crippen LogP contribution >= 0.6 is 11.3 Å². The predicted octanol–water partition coefficient (Wildman–Crippen LogP) is 1.03. The van der Waals surface area contributed by atoms with Crippen molar-refractivity contribution in [1.82, 2.24) is 5.16 Å². The lowest BCUT2D eigenvalue weighted by atomic mass is 10.1. The summed E-state index contributed by atoms with van der Waals surface area (Å²) in [5.74, 6) is 1.41. The Balaban J connectivity index is 1.31. The number of nitrogens with one attached hydrogen (secondary N) is 2. The highest BCUT2D eigenvalue weighted by Crippen LogP contribution is 2.24. The van der Waals surface area contributed by atoms with E-state index in [1.807, 2.05) is 17.5 Å². The highest BCUT2D eigenvalue weighted by atomic mass is 32.1. The number of rotatable bonds is 6. The molecule has 3 heterocycles. The minimum absolute atomic E-state index is 0.206. The average molecular weight is 389 g/mol. The van der Waals surface area contributed by atoms with Crippen molar-refractivity contribution >= 4 is 11.3 Å². The topological polar surface area (TPSA) is 44.1 Å². The van der Waals surface area contributed by atoms with E-state index in [0.29, 0.717) is 0 Å². The van der Waals surface area contributed by atoms with Gasteiger partial charge in [-0.2, -0.15) is 0 Å². The fourth-order valence-electron chi connectivity index (χ4n) is 3.65. The number of benzene rings is 1. The number of piperazine rings is 1. The molecule has 1 fully saturated rings. The molecule has 0 saturated carbocycles. The van der Waals surface area contributed by atoms with Crippen LogP contribution in [-0.2, 0) is 13.1 Å². The summed E-state index contributed by atoms with van der Waals surface area (Å²) in [5, 5.41) is 6.27. The molecule has 1 saturated heterocycles. The molecule has 0 spiro atoms. The number of thiophene rings is 1. The van der Waals surface area contributed by atoms with Gasteiger partial charge in [-0.25, -0.2) is 4.39 Å². The van der Waals surface area contributed by atoms with Crippen molar-refractivity contribution in [3.05, 3.63) is 58.9 Å². The van der Waals surface area contributed by atoms with E-state index in [4.69, 9.17) is 9.26 Å². The summed E-state index contributed by atoms with van der Waals surface area (Å²) in [4.78, 5) is 4.08. The third kappa shape index (κ3) is 4.37. The van der Waals surface area contributed by atoms with Crippen molar-refractivity contribution in [3.63, 3.8) is 0 Å². The quantitative estimate of drug-likeness (QED) is 0.662. The molecule has 1 aliphatic rings.